The van der Waals surface area contributed by atoms with E-state index in [9.17, 15) is 4.79 Å². The smallest absolute Gasteiger partial charge is 0.222 e. The van der Waals surface area contributed by atoms with Crippen LogP contribution in [0.5, 0.6) is 0 Å². The summed E-state index contributed by atoms with van der Waals surface area (Å²) in [7, 11) is 1.80. The van der Waals surface area contributed by atoms with Crippen molar-refractivity contribution in [3.63, 3.8) is 0 Å². The van der Waals surface area contributed by atoms with Gasteiger partial charge in [0.2, 0.25) is 5.91 Å². The molecule has 22 heavy (non-hydrogen) atoms. The van der Waals surface area contributed by atoms with E-state index in [1.165, 1.54) is 12.8 Å². The van der Waals surface area contributed by atoms with Gasteiger partial charge in [-0.3, -0.25) is 14.7 Å². The highest BCUT2D eigenvalue weighted by molar-refractivity contribution is 5.80. The van der Waals surface area contributed by atoms with Gasteiger partial charge in [-0.15, -0.1) is 0 Å². The molecule has 1 heterocycles. The Balaban J connectivity index is 1.68. The van der Waals surface area contributed by atoms with Crippen LogP contribution >= 0.6 is 0 Å². The zero-order valence-electron chi connectivity index (χ0n) is 14.3. The molecule has 2 aliphatic rings. The molecule has 1 saturated heterocycles. The van der Waals surface area contributed by atoms with Crippen molar-refractivity contribution in [2.75, 3.05) is 39.8 Å². The lowest BCUT2D eigenvalue weighted by atomic mass is 10.3. The van der Waals surface area contributed by atoms with Crippen molar-refractivity contribution >= 4 is 11.9 Å². The second-order valence-electron chi connectivity index (χ2n) is 6.18. The highest BCUT2D eigenvalue weighted by atomic mass is 16.2. The predicted molar refractivity (Wildman–Crippen MR) is 90.0 cm³/mol. The quantitative estimate of drug-likeness (QED) is 0.535. The first-order valence-corrected chi connectivity index (χ1v) is 8.66. The lowest BCUT2D eigenvalue weighted by Gasteiger charge is -2.22. The average molecular weight is 309 g/mol. The fourth-order valence-electron chi connectivity index (χ4n) is 3.07. The van der Waals surface area contributed by atoms with Crippen LogP contribution in [0.3, 0.4) is 0 Å². The molecule has 2 fully saturated rings. The first-order valence-electron chi connectivity index (χ1n) is 8.66. The molecule has 126 valence electrons. The lowest BCUT2D eigenvalue weighted by molar-refractivity contribution is -0.129. The van der Waals surface area contributed by atoms with Gasteiger partial charge in [-0.05, 0) is 25.8 Å². The molecule has 0 radical (unpaired) electrons. The van der Waals surface area contributed by atoms with Gasteiger partial charge in [0.1, 0.15) is 0 Å². The molecule has 1 atom stereocenters. The molecular weight excluding hydrogens is 278 g/mol. The molecule has 1 aliphatic heterocycles. The Labute approximate surface area is 134 Å². The molecule has 1 amide bonds. The Kier molecular flexibility index (Phi) is 6.49. The third-order valence-electron chi connectivity index (χ3n) is 4.57. The van der Waals surface area contributed by atoms with Crippen molar-refractivity contribution in [1.82, 2.24) is 20.4 Å². The second kappa shape index (κ2) is 8.36. The molecule has 6 nitrogen and oxygen atoms in total. The Bertz CT molecular complexity index is 394. The van der Waals surface area contributed by atoms with E-state index in [2.05, 4.69) is 27.4 Å². The summed E-state index contributed by atoms with van der Waals surface area (Å²) in [6, 6.07) is 1.12. The number of amides is 1. The summed E-state index contributed by atoms with van der Waals surface area (Å²) in [5.41, 5.74) is 0. The summed E-state index contributed by atoms with van der Waals surface area (Å²) in [6.45, 7) is 8.88. The van der Waals surface area contributed by atoms with E-state index in [0.717, 1.165) is 51.1 Å². The molecule has 1 saturated carbocycles. The van der Waals surface area contributed by atoms with Gasteiger partial charge in [0.05, 0.1) is 0 Å². The number of nitrogens with zero attached hydrogens (tertiary/aromatic N) is 3. The predicted octanol–water partition coefficient (Wildman–Crippen LogP) is 0.647. The zero-order valence-corrected chi connectivity index (χ0v) is 14.3. The lowest BCUT2D eigenvalue weighted by Crippen LogP contribution is -2.47. The highest BCUT2D eigenvalue weighted by Crippen LogP contribution is 2.25. The minimum Gasteiger partial charge on any atom is -0.355 e. The fraction of sp³-hybridized carbons (Fsp3) is 0.875. The number of nitrogens with one attached hydrogen (secondary N) is 2. The normalized spacial score (nSPS) is 22.3. The summed E-state index contributed by atoms with van der Waals surface area (Å²) >= 11 is 0. The number of aliphatic imine (C=N–C) groups is 1. The van der Waals surface area contributed by atoms with Crippen LogP contribution in [0.4, 0.5) is 0 Å². The van der Waals surface area contributed by atoms with Crippen LogP contribution in [-0.4, -0.2) is 73.5 Å². The molecular formula is C16H31N5O. The van der Waals surface area contributed by atoms with Gasteiger partial charge in [-0.1, -0.05) is 13.8 Å². The van der Waals surface area contributed by atoms with Crippen LogP contribution in [0.25, 0.3) is 0 Å². The van der Waals surface area contributed by atoms with E-state index in [-0.39, 0.29) is 5.91 Å². The Morgan fingerprint density at radius 3 is 2.68 bits per heavy atom. The van der Waals surface area contributed by atoms with Crippen molar-refractivity contribution in [2.45, 2.75) is 51.6 Å². The summed E-state index contributed by atoms with van der Waals surface area (Å²) in [4.78, 5) is 20.5. The van der Waals surface area contributed by atoms with Crippen LogP contribution in [0, 0.1) is 0 Å². The number of carbonyl (C=O) groups excluding carboxylic acids is 1. The third-order valence-corrected chi connectivity index (χ3v) is 4.57. The van der Waals surface area contributed by atoms with Crippen molar-refractivity contribution < 1.29 is 4.79 Å². The van der Waals surface area contributed by atoms with E-state index in [0.29, 0.717) is 12.5 Å². The Hall–Kier alpha value is -1.30. The molecule has 6 heteroatoms. The second-order valence-corrected chi connectivity index (χ2v) is 6.18. The number of carbonyl (C=O) groups is 1. The minimum atomic E-state index is 0.246. The van der Waals surface area contributed by atoms with Crippen molar-refractivity contribution in [3.8, 4) is 0 Å². The van der Waals surface area contributed by atoms with Gasteiger partial charge >= 0.3 is 0 Å². The van der Waals surface area contributed by atoms with Crippen LogP contribution in [0.1, 0.15) is 39.5 Å². The minimum absolute atomic E-state index is 0.246. The maximum atomic E-state index is 11.7. The largest absolute Gasteiger partial charge is 0.355 e. The van der Waals surface area contributed by atoms with Crippen molar-refractivity contribution in [1.29, 1.82) is 0 Å². The molecule has 0 aromatic rings. The van der Waals surface area contributed by atoms with Gasteiger partial charge in [0.25, 0.3) is 0 Å². The number of hydrogen-bond donors (Lipinski definition) is 2. The Morgan fingerprint density at radius 1 is 1.32 bits per heavy atom. The van der Waals surface area contributed by atoms with Crippen LogP contribution in [0.2, 0.25) is 0 Å². The molecule has 0 spiro atoms. The van der Waals surface area contributed by atoms with Crippen LogP contribution in [-0.2, 0) is 4.79 Å². The van der Waals surface area contributed by atoms with Gasteiger partial charge in [-0.2, -0.15) is 0 Å². The Morgan fingerprint density at radius 2 is 2.09 bits per heavy atom. The molecule has 0 aromatic heterocycles. The number of guanidine groups is 1. The molecule has 0 aromatic carbocycles. The van der Waals surface area contributed by atoms with E-state index in [1.807, 2.05) is 11.8 Å². The molecule has 2 N–H and O–H groups in total. The maximum Gasteiger partial charge on any atom is 0.222 e. The van der Waals surface area contributed by atoms with Crippen LogP contribution < -0.4 is 10.6 Å². The summed E-state index contributed by atoms with van der Waals surface area (Å²) in [5, 5.41) is 6.83. The maximum absolute atomic E-state index is 11.7. The number of likely N-dealkylation sites (N-methyl/N-ethyl adjacent to an activating group) is 1. The highest BCUT2D eigenvalue weighted by Gasteiger charge is 2.28. The van der Waals surface area contributed by atoms with Crippen molar-refractivity contribution in [3.05, 3.63) is 0 Å². The van der Waals surface area contributed by atoms with E-state index in [4.69, 9.17) is 0 Å². The SMILES string of the molecule is CCC(=O)N1CCC(NC(=NC)NCCN(CC)C2CC2)C1. The zero-order chi connectivity index (χ0) is 15.9. The fourth-order valence-corrected chi connectivity index (χ4v) is 3.07. The van der Waals surface area contributed by atoms with E-state index in [1.54, 1.807) is 7.05 Å². The standard InChI is InChI=1S/C16H31N5O/c1-4-15(22)21-10-8-13(12-21)19-16(17-3)18-9-11-20(5-2)14-6-7-14/h13-14H,4-12H2,1-3H3,(H2,17,18,19). The molecule has 1 unspecified atom stereocenters. The number of hydrogen-bond acceptors (Lipinski definition) is 3. The summed E-state index contributed by atoms with van der Waals surface area (Å²) < 4.78 is 0. The molecule has 1 aliphatic carbocycles. The first-order chi connectivity index (χ1) is 10.7. The summed E-state index contributed by atoms with van der Waals surface area (Å²) in [6.07, 6.45) is 4.29. The molecule has 0 bridgehead atoms. The van der Waals surface area contributed by atoms with Gasteiger partial charge < -0.3 is 15.5 Å². The first kappa shape index (κ1) is 17.1. The number of rotatable bonds is 7. The topological polar surface area (TPSA) is 60.0 Å². The summed E-state index contributed by atoms with van der Waals surface area (Å²) in [5.74, 6) is 1.10. The van der Waals surface area contributed by atoms with Crippen molar-refractivity contribution in [2.24, 2.45) is 4.99 Å². The average Bonchev–Trinajstić information content (AvgIpc) is 3.28. The van der Waals surface area contributed by atoms with Gasteiger partial charge in [0, 0.05) is 51.7 Å². The third kappa shape index (κ3) is 4.87. The van der Waals surface area contributed by atoms with Gasteiger partial charge in [0.15, 0.2) is 5.96 Å². The van der Waals surface area contributed by atoms with E-state index >= 15 is 0 Å². The monoisotopic (exact) mass is 309 g/mol. The van der Waals surface area contributed by atoms with E-state index < -0.39 is 0 Å². The van der Waals surface area contributed by atoms with Gasteiger partial charge in [-0.25, -0.2) is 0 Å². The van der Waals surface area contributed by atoms with Crippen LogP contribution in [0.15, 0.2) is 4.99 Å². The molecule has 2 rings (SSSR count). The number of likely N-dealkylation sites (tertiary alicyclic amines) is 1.